The molecule has 0 aliphatic carbocycles. The Hall–Kier alpha value is -1.62. The molecule has 0 aliphatic rings. The SMILES string of the molecule is CCOC(=O)CS/C(S)=C(\C#N)C(=O)Nc1ccc(Cl)cc1. The van der Waals surface area contributed by atoms with Gasteiger partial charge in [-0.25, -0.2) is 0 Å². The van der Waals surface area contributed by atoms with Gasteiger partial charge in [-0.15, -0.1) is 24.4 Å². The molecule has 22 heavy (non-hydrogen) atoms. The number of amides is 1. The van der Waals surface area contributed by atoms with Crippen LogP contribution >= 0.6 is 36.0 Å². The van der Waals surface area contributed by atoms with Crippen molar-refractivity contribution in [2.24, 2.45) is 0 Å². The largest absolute Gasteiger partial charge is 0.465 e. The number of thiol groups is 1. The highest BCUT2D eigenvalue weighted by Gasteiger charge is 2.15. The number of nitrogens with one attached hydrogen (secondary N) is 1. The topological polar surface area (TPSA) is 79.2 Å². The van der Waals surface area contributed by atoms with Gasteiger partial charge >= 0.3 is 5.97 Å². The number of hydrogen-bond acceptors (Lipinski definition) is 6. The normalized spacial score (nSPS) is 11.2. The molecule has 0 fully saturated rings. The monoisotopic (exact) mass is 356 g/mol. The molecule has 1 N–H and O–H groups in total. The molecule has 0 unspecified atom stereocenters. The zero-order valence-electron chi connectivity index (χ0n) is 11.6. The molecular weight excluding hydrogens is 344 g/mol. The molecule has 0 spiro atoms. The van der Waals surface area contributed by atoms with Crippen molar-refractivity contribution in [1.82, 2.24) is 0 Å². The number of ether oxygens (including phenoxy) is 1. The number of benzene rings is 1. The molecule has 0 aliphatic heterocycles. The van der Waals surface area contributed by atoms with E-state index in [0.717, 1.165) is 11.8 Å². The molecule has 0 saturated carbocycles. The van der Waals surface area contributed by atoms with Gasteiger partial charge in [-0.3, -0.25) is 9.59 Å². The summed E-state index contributed by atoms with van der Waals surface area (Å²) < 4.78 is 4.92. The Labute approximate surface area is 143 Å². The molecule has 0 aromatic heterocycles. The van der Waals surface area contributed by atoms with E-state index in [9.17, 15) is 9.59 Å². The average Bonchev–Trinajstić information content (AvgIpc) is 2.48. The van der Waals surface area contributed by atoms with Crippen LogP contribution in [0.2, 0.25) is 5.02 Å². The van der Waals surface area contributed by atoms with Crippen LogP contribution in [0, 0.1) is 11.3 Å². The molecule has 0 radical (unpaired) electrons. The summed E-state index contributed by atoms with van der Waals surface area (Å²) in [6.07, 6.45) is 0. The second kappa shape index (κ2) is 9.41. The Morgan fingerprint density at radius 2 is 2.05 bits per heavy atom. The first kappa shape index (κ1) is 18.4. The number of halogens is 1. The first-order chi connectivity index (χ1) is 10.5. The molecule has 1 aromatic carbocycles. The summed E-state index contributed by atoms with van der Waals surface area (Å²) in [6.45, 7) is 1.97. The predicted molar refractivity (Wildman–Crippen MR) is 90.8 cm³/mol. The van der Waals surface area contributed by atoms with Crippen molar-refractivity contribution < 1.29 is 14.3 Å². The molecule has 0 saturated heterocycles. The molecule has 116 valence electrons. The molecule has 0 bridgehead atoms. The zero-order chi connectivity index (χ0) is 16.5. The number of thioether (sulfide) groups is 1. The quantitative estimate of drug-likeness (QED) is 0.354. The summed E-state index contributed by atoms with van der Waals surface area (Å²) in [5.41, 5.74) is 0.325. The van der Waals surface area contributed by atoms with E-state index in [0.29, 0.717) is 10.7 Å². The number of anilines is 1. The fourth-order valence-corrected chi connectivity index (χ4v) is 2.42. The van der Waals surface area contributed by atoms with Gasteiger partial charge in [0.05, 0.1) is 16.6 Å². The average molecular weight is 357 g/mol. The van der Waals surface area contributed by atoms with Crippen LogP contribution in [0.3, 0.4) is 0 Å². The van der Waals surface area contributed by atoms with Gasteiger partial charge in [0, 0.05) is 10.7 Å². The number of rotatable bonds is 6. The van der Waals surface area contributed by atoms with E-state index in [1.165, 1.54) is 0 Å². The third kappa shape index (κ3) is 6.02. The van der Waals surface area contributed by atoms with E-state index in [1.807, 2.05) is 0 Å². The van der Waals surface area contributed by atoms with Gasteiger partial charge in [0.25, 0.3) is 5.91 Å². The summed E-state index contributed by atoms with van der Waals surface area (Å²) in [7, 11) is 0. The fourth-order valence-electron chi connectivity index (χ4n) is 1.32. The van der Waals surface area contributed by atoms with Crippen LogP contribution in [0.4, 0.5) is 5.69 Å². The lowest BCUT2D eigenvalue weighted by Crippen LogP contribution is -2.14. The van der Waals surface area contributed by atoms with E-state index in [-0.39, 0.29) is 22.2 Å². The second-order valence-corrected chi connectivity index (χ2v) is 6.02. The van der Waals surface area contributed by atoms with E-state index in [4.69, 9.17) is 21.6 Å². The number of nitriles is 1. The maximum absolute atomic E-state index is 12.0. The summed E-state index contributed by atoms with van der Waals surface area (Å²) >= 11 is 10.8. The van der Waals surface area contributed by atoms with Gasteiger partial charge in [0.2, 0.25) is 0 Å². The molecular formula is C14H13ClN2O3S2. The van der Waals surface area contributed by atoms with Gasteiger partial charge in [0.1, 0.15) is 11.6 Å². The molecule has 1 rings (SSSR count). The molecule has 0 heterocycles. The lowest BCUT2D eigenvalue weighted by atomic mass is 10.2. The highest BCUT2D eigenvalue weighted by atomic mass is 35.5. The van der Waals surface area contributed by atoms with E-state index >= 15 is 0 Å². The van der Waals surface area contributed by atoms with Crippen LogP contribution in [-0.4, -0.2) is 24.2 Å². The molecule has 1 aromatic rings. The lowest BCUT2D eigenvalue weighted by Gasteiger charge is -2.07. The Morgan fingerprint density at radius 3 is 2.59 bits per heavy atom. The number of carbonyl (C=O) groups is 2. The highest BCUT2D eigenvalue weighted by Crippen LogP contribution is 2.24. The summed E-state index contributed by atoms with van der Waals surface area (Å²) in [4.78, 5) is 23.3. The standard InChI is InChI=1S/C14H13ClN2O3S2/c1-2-20-12(18)8-22-14(21)11(7-16)13(19)17-10-5-3-9(15)4-6-10/h3-6,21H,2,8H2,1H3,(H,17,19)/b14-11+. The van der Waals surface area contributed by atoms with E-state index < -0.39 is 11.9 Å². The van der Waals surface area contributed by atoms with Gasteiger partial charge < -0.3 is 10.1 Å². The molecule has 1 amide bonds. The number of esters is 1. The van der Waals surface area contributed by atoms with Crippen molar-refractivity contribution in [3.63, 3.8) is 0 Å². The van der Waals surface area contributed by atoms with Crippen LogP contribution in [0.5, 0.6) is 0 Å². The van der Waals surface area contributed by atoms with Crippen molar-refractivity contribution in [1.29, 1.82) is 5.26 Å². The van der Waals surface area contributed by atoms with Gasteiger partial charge in [-0.1, -0.05) is 11.6 Å². The van der Waals surface area contributed by atoms with Crippen molar-refractivity contribution in [2.45, 2.75) is 6.92 Å². The fraction of sp³-hybridized carbons (Fsp3) is 0.214. The second-order valence-electron chi connectivity index (χ2n) is 3.85. The van der Waals surface area contributed by atoms with Crippen molar-refractivity contribution in [2.75, 3.05) is 17.7 Å². The van der Waals surface area contributed by atoms with Gasteiger partial charge in [-0.2, -0.15) is 5.26 Å². The minimum absolute atomic E-state index is 0.0217. The number of nitrogens with zero attached hydrogens (tertiary/aromatic N) is 1. The van der Waals surface area contributed by atoms with Crippen LogP contribution in [0.1, 0.15) is 6.92 Å². The van der Waals surface area contributed by atoms with Crippen molar-refractivity contribution in [3.8, 4) is 6.07 Å². The van der Waals surface area contributed by atoms with Crippen LogP contribution in [0.25, 0.3) is 0 Å². The Morgan fingerprint density at radius 1 is 1.41 bits per heavy atom. The number of carbonyl (C=O) groups excluding carboxylic acids is 2. The van der Waals surface area contributed by atoms with Crippen LogP contribution in [-0.2, 0) is 14.3 Å². The Kier molecular flexibility index (Phi) is 7.88. The minimum atomic E-state index is -0.605. The van der Waals surface area contributed by atoms with Crippen molar-refractivity contribution >= 4 is 53.6 Å². The van der Waals surface area contributed by atoms with E-state index in [2.05, 4.69) is 17.9 Å². The van der Waals surface area contributed by atoms with Crippen molar-refractivity contribution in [3.05, 3.63) is 39.1 Å². The Bertz CT molecular complexity index is 624. The van der Waals surface area contributed by atoms with Crippen LogP contribution in [0.15, 0.2) is 34.1 Å². The maximum atomic E-state index is 12.0. The zero-order valence-corrected chi connectivity index (χ0v) is 14.1. The third-order valence-corrected chi connectivity index (χ3v) is 4.01. The first-order valence-corrected chi connectivity index (χ1v) is 7.97. The molecule has 0 atom stereocenters. The van der Waals surface area contributed by atoms with Gasteiger partial charge in [-0.05, 0) is 31.2 Å². The van der Waals surface area contributed by atoms with Gasteiger partial charge in [0.15, 0.2) is 0 Å². The predicted octanol–water partition coefficient (Wildman–Crippen LogP) is 3.24. The maximum Gasteiger partial charge on any atom is 0.316 e. The molecule has 8 heteroatoms. The van der Waals surface area contributed by atoms with E-state index in [1.54, 1.807) is 37.3 Å². The Balaban J connectivity index is 2.74. The summed E-state index contributed by atoms with van der Waals surface area (Å²) in [6, 6.07) is 8.23. The minimum Gasteiger partial charge on any atom is -0.465 e. The highest BCUT2D eigenvalue weighted by molar-refractivity contribution is 8.16. The first-order valence-electron chi connectivity index (χ1n) is 6.16. The summed E-state index contributed by atoms with van der Waals surface area (Å²) in [5.74, 6) is -1.06. The third-order valence-electron chi connectivity index (χ3n) is 2.29. The summed E-state index contributed by atoms with van der Waals surface area (Å²) in [5, 5.41) is 12.2. The molecule has 5 nitrogen and oxygen atoms in total. The lowest BCUT2D eigenvalue weighted by molar-refractivity contribution is -0.139. The number of hydrogen-bond donors (Lipinski definition) is 2. The smallest absolute Gasteiger partial charge is 0.316 e. The van der Waals surface area contributed by atoms with Crippen LogP contribution < -0.4 is 5.32 Å².